The highest BCUT2D eigenvalue weighted by atomic mass is 16.5. The highest BCUT2D eigenvalue weighted by Crippen LogP contribution is 2.30. The summed E-state index contributed by atoms with van der Waals surface area (Å²) in [6.45, 7) is 1.91. The predicted octanol–water partition coefficient (Wildman–Crippen LogP) is 3.91. The Morgan fingerprint density at radius 3 is 2.28 bits per heavy atom. The maximum absolute atomic E-state index is 9.52. The quantitative estimate of drug-likeness (QED) is 0.881. The van der Waals surface area contributed by atoms with E-state index in [1.807, 2.05) is 31.2 Å². The summed E-state index contributed by atoms with van der Waals surface area (Å²) in [5, 5.41) is 9.52. The molecule has 0 radical (unpaired) electrons. The van der Waals surface area contributed by atoms with Crippen LogP contribution in [0.15, 0.2) is 42.5 Å². The number of rotatable bonds is 3. The Bertz CT molecular complexity index is 554. The van der Waals surface area contributed by atoms with Crippen molar-refractivity contribution in [2.24, 2.45) is 0 Å². The average Bonchev–Trinajstić information content (AvgIpc) is 3.18. The Hall–Kier alpha value is -1.96. The lowest BCUT2D eigenvalue weighted by Gasteiger charge is -2.07. The highest BCUT2D eigenvalue weighted by Gasteiger charge is 2.23. The molecule has 0 aliphatic heterocycles. The summed E-state index contributed by atoms with van der Waals surface area (Å²) in [6.07, 6.45) is 2.80. The van der Waals surface area contributed by atoms with Crippen molar-refractivity contribution in [1.29, 1.82) is 0 Å². The zero-order chi connectivity index (χ0) is 12.5. The fraction of sp³-hybridized carbons (Fsp3) is 0.250. The SMILES string of the molecule is Cc1cc(-c2ccc(OC3CC3)cc2)ccc1O. The minimum Gasteiger partial charge on any atom is -0.508 e. The summed E-state index contributed by atoms with van der Waals surface area (Å²) in [6, 6.07) is 13.8. The van der Waals surface area contributed by atoms with Crippen molar-refractivity contribution in [3.8, 4) is 22.6 Å². The Morgan fingerprint density at radius 2 is 1.67 bits per heavy atom. The molecule has 2 aromatic carbocycles. The molecule has 0 atom stereocenters. The topological polar surface area (TPSA) is 29.5 Å². The van der Waals surface area contributed by atoms with E-state index in [4.69, 9.17) is 4.74 Å². The minimum absolute atomic E-state index is 0.340. The van der Waals surface area contributed by atoms with E-state index < -0.39 is 0 Å². The maximum atomic E-state index is 9.52. The van der Waals surface area contributed by atoms with Crippen LogP contribution in [0.3, 0.4) is 0 Å². The number of phenols is 1. The van der Waals surface area contributed by atoms with Crippen LogP contribution in [-0.2, 0) is 0 Å². The average molecular weight is 240 g/mol. The Morgan fingerprint density at radius 1 is 1.00 bits per heavy atom. The molecule has 2 heteroatoms. The number of hydrogen-bond acceptors (Lipinski definition) is 2. The second-order valence-electron chi connectivity index (χ2n) is 4.84. The minimum atomic E-state index is 0.340. The summed E-state index contributed by atoms with van der Waals surface area (Å²) < 4.78 is 5.72. The van der Waals surface area contributed by atoms with E-state index >= 15 is 0 Å². The highest BCUT2D eigenvalue weighted by molar-refractivity contribution is 5.66. The van der Waals surface area contributed by atoms with Gasteiger partial charge in [0.15, 0.2) is 0 Å². The van der Waals surface area contributed by atoms with Crippen molar-refractivity contribution in [3.05, 3.63) is 48.0 Å². The first kappa shape index (κ1) is 11.1. The van der Waals surface area contributed by atoms with Gasteiger partial charge in [0, 0.05) is 0 Å². The van der Waals surface area contributed by atoms with Crippen LogP contribution in [0, 0.1) is 6.92 Å². The number of benzene rings is 2. The van der Waals surface area contributed by atoms with Gasteiger partial charge in [-0.25, -0.2) is 0 Å². The molecule has 0 spiro atoms. The lowest BCUT2D eigenvalue weighted by molar-refractivity contribution is 0.303. The van der Waals surface area contributed by atoms with Crippen molar-refractivity contribution in [3.63, 3.8) is 0 Å². The molecule has 1 N–H and O–H groups in total. The molecular formula is C16H16O2. The molecule has 0 amide bonds. The van der Waals surface area contributed by atoms with Gasteiger partial charge in [-0.15, -0.1) is 0 Å². The van der Waals surface area contributed by atoms with Gasteiger partial charge in [-0.1, -0.05) is 18.2 Å². The molecule has 18 heavy (non-hydrogen) atoms. The van der Waals surface area contributed by atoms with Crippen molar-refractivity contribution >= 4 is 0 Å². The van der Waals surface area contributed by atoms with Crippen LogP contribution in [0.4, 0.5) is 0 Å². The second-order valence-corrected chi connectivity index (χ2v) is 4.84. The number of aromatic hydroxyl groups is 1. The van der Waals surface area contributed by atoms with Gasteiger partial charge in [0.25, 0.3) is 0 Å². The number of phenolic OH excluding ortho intramolecular Hbond substituents is 1. The summed E-state index contributed by atoms with van der Waals surface area (Å²) in [5.74, 6) is 1.28. The number of aryl methyl sites for hydroxylation is 1. The van der Waals surface area contributed by atoms with E-state index in [-0.39, 0.29) is 0 Å². The molecule has 0 saturated heterocycles. The first-order valence-electron chi connectivity index (χ1n) is 6.29. The Kier molecular flexibility index (Phi) is 2.71. The lowest BCUT2D eigenvalue weighted by Crippen LogP contribution is -1.95. The zero-order valence-electron chi connectivity index (χ0n) is 10.4. The Labute approximate surface area is 107 Å². The molecule has 2 aromatic rings. The lowest BCUT2D eigenvalue weighted by atomic mass is 10.0. The standard InChI is InChI=1S/C16H16O2/c1-11-10-13(4-9-16(11)17)12-2-5-14(6-3-12)18-15-7-8-15/h2-6,9-10,15,17H,7-8H2,1H3. The van der Waals surface area contributed by atoms with Crippen LogP contribution in [0.25, 0.3) is 11.1 Å². The third-order valence-corrected chi connectivity index (χ3v) is 3.21. The van der Waals surface area contributed by atoms with Crippen molar-refractivity contribution < 1.29 is 9.84 Å². The van der Waals surface area contributed by atoms with Gasteiger partial charge >= 0.3 is 0 Å². The first-order chi connectivity index (χ1) is 8.72. The third kappa shape index (κ3) is 2.33. The van der Waals surface area contributed by atoms with Crippen molar-refractivity contribution in [2.75, 3.05) is 0 Å². The molecule has 0 aromatic heterocycles. The Balaban J connectivity index is 1.84. The van der Waals surface area contributed by atoms with Crippen LogP contribution in [0.1, 0.15) is 18.4 Å². The largest absolute Gasteiger partial charge is 0.508 e. The van der Waals surface area contributed by atoms with Gasteiger partial charge in [0.2, 0.25) is 0 Å². The molecule has 0 unspecified atom stereocenters. The van der Waals surface area contributed by atoms with E-state index in [1.54, 1.807) is 6.07 Å². The maximum Gasteiger partial charge on any atom is 0.119 e. The monoisotopic (exact) mass is 240 g/mol. The molecule has 1 fully saturated rings. The van der Waals surface area contributed by atoms with Crippen LogP contribution >= 0.6 is 0 Å². The van der Waals surface area contributed by atoms with E-state index in [9.17, 15) is 5.11 Å². The van der Waals surface area contributed by atoms with Gasteiger partial charge < -0.3 is 9.84 Å². The van der Waals surface area contributed by atoms with Crippen molar-refractivity contribution in [1.82, 2.24) is 0 Å². The van der Waals surface area contributed by atoms with Gasteiger partial charge in [-0.3, -0.25) is 0 Å². The first-order valence-corrected chi connectivity index (χ1v) is 6.29. The summed E-state index contributed by atoms with van der Waals surface area (Å²) in [7, 11) is 0. The summed E-state index contributed by atoms with van der Waals surface area (Å²) in [4.78, 5) is 0. The molecule has 2 nitrogen and oxygen atoms in total. The van der Waals surface area contributed by atoms with Gasteiger partial charge in [0.05, 0.1) is 6.10 Å². The molecule has 0 heterocycles. The fourth-order valence-electron chi connectivity index (χ4n) is 1.94. The predicted molar refractivity (Wildman–Crippen MR) is 71.9 cm³/mol. The smallest absolute Gasteiger partial charge is 0.119 e. The van der Waals surface area contributed by atoms with E-state index in [1.165, 1.54) is 12.8 Å². The third-order valence-electron chi connectivity index (χ3n) is 3.21. The molecule has 1 aliphatic carbocycles. The second kappa shape index (κ2) is 4.37. The van der Waals surface area contributed by atoms with Crippen LogP contribution in [0.2, 0.25) is 0 Å². The summed E-state index contributed by atoms with van der Waals surface area (Å²) >= 11 is 0. The molecule has 1 saturated carbocycles. The van der Waals surface area contributed by atoms with Crippen LogP contribution < -0.4 is 4.74 Å². The molecule has 3 rings (SSSR count). The summed E-state index contributed by atoms with van der Waals surface area (Å²) in [5.41, 5.74) is 3.15. The molecule has 92 valence electrons. The number of ether oxygens (including phenoxy) is 1. The molecule has 0 bridgehead atoms. The van der Waals surface area contributed by atoms with Crippen LogP contribution in [0.5, 0.6) is 11.5 Å². The van der Waals surface area contributed by atoms with E-state index in [0.29, 0.717) is 11.9 Å². The van der Waals surface area contributed by atoms with E-state index in [0.717, 1.165) is 22.4 Å². The van der Waals surface area contributed by atoms with Gasteiger partial charge in [-0.05, 0) is 60.7 Å². The number of hydrogen-bond donors (Lipinski definition) is 1. The molecule has 1 aliphatic rings. The van der Waals surface area contributed by atoms with Gasteiger partial charge in [-0.2, -0.15) is 0 Å². The fourth-order valence-corrected chi connectivity index (χ4v) is 1.94. The van der Waals surface area contributed by atoms with Crippen molar-refractivity contribution in [2.45, 2.75) is 25.9 Å². The zero-order valence-corrected chi connectivity index (χ0v) is 10.4. The van der Waals surface area contributed by atoms with Gasteiger partial charge in [0.1, 0.15) is 11.5 Å². The van der Waals surface area contributed by atoms with E-state index in [2.05, 4.69) is 12.1 Å². The van der Waals surface area contributed by atoms with Crippen LogP contribution in [-0.4, -0.2) is 11.2 Å². The molecular weight excluding hydrogens is 224 g/mol. The normalized spacial score (nSPS) is 14.5.